The van der Waals surface area contributed by atoms with Gasteiger partial charge in [-0.05, 0) is 27.8 Å². The van der Waals surface area contributed by atoms with Gasteiger partial charge in [-0.3, -0.25) is 0 Å². The van der Waals surface area contributed by atoms with Gasteiger partial charge in [0.05, 0.1) is 13.2 Å². The van der Waals surface area contributed by atoms with Crippen LogP contribution in [0.3, 0.4) is 0 Å². The van der Waals surface area contributed by atoms with Crippen molar-refractivity contribution in [2.45, 2.75) is 27.3 Å². The van der Waals surface area contributed by atoms with Crippen molar-refractivity contribution in [3.63, 3.8) is 0 Å². The largest absolute Gasteiger partial charge is 0.380 e. The predicted molar refractivity (Wildman–Crippen MR) is 84.7 cm³/mol. The molecule has 21 heavy (non-hydrogen) atoms. The molecule has 120 valence electrons. The lowest BCUT2D eigenvalue weighted by Crippen LogP contribution is -2.33. The van der Waals surface area contributed by atoms with Gasteiger partial charge in [0, 0.05) is 50.3 Å². The van der Waals surface area contributed by atoms with Gasteiger partial charge in [-0.2, -0.15) is 0 Å². The normalized spacial score (nSPS) is 10.9. The first-order valence-electron chi connectivity index (χ1n) is 7.60. The van der Waals surface area contributed by atoms with Crippen molar-refractivity contribution in [2.75, 3.05) is 51.5 Å². The summed E-state index contributed by atoms with van der Waals surface area (Å²) < 4.78 is 10.9. The van der Waals surface area contributed by atoms with Crippen molar-refractivity contribution in [1.82, 2.24) is 15.3 Å². The summed E-state index contributed by atoms with van der Waals surface area (Å²) in [7, 11) is 1.92. The van der Waals surface area contributed by atoms with E-state index in [9.17, 15) is 0 Å². The second-order valence-corrected chi connectivity index (χ2v) is 4.69. The van der Waals surface area contributed by atoms with E-state index in [0.717, 1.165) is 50.1 Å². The van der Waals surface area contributed by atoms with Crippen LogP contribution in [0.1, 0.15) is 25.1 Å². The van der Waals surface area contributed by atoms with Gasteiger partial charge in [-0.15, -0.1) is 0 Å². The van der Waals surface area contributed by atoms with E-state index in [1.54, 1.807) is 0 Å². The maximum absolute atomic E-state index is 5.44. The zero-order valence-electron chi connectivity index (χ0n) is 13.7. The fraction of sp³-hybridized carbons (Fsp3) is 0.733. The standard InChI is InChI=1S/C15H28N4O2/c1-5-20-9-7-19(8-10-21-6-2)15-17-12-14(11-16-4)13(3)18-15/h12,16H,5-11H2,1-4H3. The second-order valence-electron chi connectivity index (χ2n) is 4.69. The molecule has 0 spiro atoms. The highest BCUT2D eigenvalue weighted by molar-refractivity contribution is 5.32. The van der Waals surface area contributed by atoms with Crippen LogP contribution in [0.25, 0.3) is 0 Å². The quantitative estimate of drug-likeness (QED) is 0.623. The number of nitrogens with zero attached hydrogens (tertiary/aromatic N) is 3. The SMILES string of the molecule is CCOCCN(CCOCC)c1ncc(CNC)c(C)n1. The van der Waals surface area contributed by atoms with Crippen molar-refractivity contribution in [3.8, 4) is 0 Å². The highest BCUT2D eigenvalue weighted by Crippen LogP contribution is 2.11. The van der Waals surface area contributed by atoms with Crippen LogP contribution in [0.15, 0.2) is 6.20 Å². The molecule has 1 N–H and O–H groups in total. The molecule has 0 amide bonds. The van der Waals surface area contributed by atoms with Crippen LogP contribution >= 0.6 is 0 Å². The average Bonchev–Trinajstić information content (AvgIpc) is 2.48. The van der Waals surface area contributed by atoms with Gasteiger partial charge < -0.3 is 19.7 Å². The summed E-state index contributed by atoms with van der Waals surface area (Å²) in [6, 6.07) is 0. The third-order valence-corrected chi connectivity index (χ3v) is 3.14. The Hall–Kier alpha value is -1.24. The molecule has 0 aliphatic rings. The lowest BCUT2D eigenvalue weighted by Gasteiger charge is -2.23. The first kappa shape index (κ1) is 17.8. The van der Waals surface area contributed by atoms with E-state index in [4.69, 9.17) is 9.47 Å². The van der Waals surface area contributed by atoms with Crippen molar-refractivity contribution < 1.29 is 9.47 Å². The van der Waals surface area contributed by atoms with Crippen LogP contribution in [0.4, 0.5) is 5.95 Å². The number of ether oxygens (including phenoxy) is 2. The molecule has 0 aromatic carbocycles. The van der Waals surface area contributed by atoms with E-state index in [1.165, 1.54) is 0 Å². The third kappa shape index (κ3) is 6.37. The Morgan fingerprint density at radius 3 is 2.24 bits per heavy atom. The maximum atomic E-state index is 5.44. The van der Waals surface area contributed by atoms with Crippen LogP contribution in [0, 0.1) is 6.92 Å². The van der Waals surface area contributed by atoms with Crippen LogP contribution in [0.2, 0.25) is 0 Å². The summed E-state index contributed by atoms with van der Waals surface area (Å²) in [6.07, 6.45) is 1.89. The van der Waals surface area contributed by atoms with E-state index >= 15 is 0 Å². The molecule has 6 heteroatoms. The summed E-state index contributed by atoms with van der Waals surface area (Å²) >= 11 is 0. The lowest BCUT2D eigenvalue weighted by atomic mass is 10.2. The number of hydrogen-bond donors (Lipinski definition) is 1. The highest BCUT2D eigenvalue weighted by atomic mass is 16.5. The zero-order valence-corrected chi connectivity index (χ0v) is 13.7. The van der Waals surface area contributed by atoms with Gasteiger partial charge >= 0.3 is 0 Å². The van der Waals surface area contributed by atoms with Crippen LogP contribution in [0.5, 0.6) is 0 Å². The van der Waals surface area contributed by atoms with Gasteiger partial charge in [-0.1, -0.05) is 0 Å². The molecule has 0 fully saturated rings. The van der Waals surface area contributed by atoms with E-state index < -0.39 is 0 Å². The molecular formula is C15H28N4O2. The predicted octanol–water partition coefficient (Wildman–Crippen LogP) is 1.38. The number of aromatic nitrogens is 2. The number of nitrogens with one attached hydrogen (secondary N) is 1. The Kier molecular flexibility index (Phi) is 8.89. The monoisotopic (exact) mass is 296 g/mol. The maximum Gasteiger partial charge on any atom is 0.225 e. The lowest BCUT2D eigenvalue weighted by molar-refractivity contribution is 0.141. The summed E-state index contributed by atoms with van der Waals surface area (Å²) in [5.41, 5.74) is 2.13. The molecule has 1 heterocycles. The van der Waals surface area contributed by atoms with Gasteiger partial charge in [0.15, 0.2) is 0 Å². The summed E-state index contributed by atoms with van der Waals surface area (Å²) in [4.78, 5) is 11.2. The van der Waals surface area contributed by atoms with Gasteiger partial charge in [0.25, 0.3) is 0 Å². The highest BCUT2D eigenvalue weighted by Gasteiger charge is 2.11. The van der Waals surface area contributed by atoms with Crippen LogP contribution < -0.4 is 10.2 Å². The van der Waals surface area contributed by atoms with Gasteiger partial charge in [0.2, 0.25) is 5.95 Å². The fourth-order valence-electron chi connectivity index (χ4n) is 1.95. The molecule has 6 nitrogen and oxygen atoms in total. The molecule has 0 aliphatic carbocycles. The van der Waals surface area contributed by atoms with Crippen molar-refractivity contribution in [3.05, 3.63) is 17.5 Å². The Morgan fingerprint density at radius 1 is 1.14 bits per heavy atom. The minimum atomic E-state index is 0.670. The van der Waals surface area contributed by atoms with E-state index in [0.29, 0.717) is 13.2 Å². The molecule has 0 saturated carbocycles. The van der Waals surface area contributed by atoms with E-state index in [2.05, 4.69) is 20.2 Å². The summed E-state index contributed by atoms with van der Waals surface area (Å²) in [6.45, 7) is 11.1. The number of aryl methyl sites for hydroxylation is 1. The zero-order chi connectivity index (χ0) is 15.5. The molecule has 0 unspecified atom stereocenters. The molecule has 0 bridgehead atoms. The second kappa shape index (κ2) is 10.5. The average molecular weight is 296 g/mol. The minimum Gasteiger partial charge on any atom is -0.380 e. The molecule has 0 saturated heterocycles. The number of anilines is 1. The molecule has 1 rings (SSSR count). The molecule has 0 aliphatic heterocycles. The van der Waals surface area contributed by atoms with Crippen LogP contribution in [-0.4, -0.2) is 56.5 Å². The fourth-order valence-corrected chi connectivity index (χ4v) is 1.95. The molecule has 1 aromatic rings. The first-order chi connectivity index (χ1) is 10.2. The van der Waals surface area contributed by atoms with E-state index in [1.807, 2.05) is 34.0 Å². The number of rotatable bonds is 11. The van der Waals surface area contributed by atoms with Crippen molar-refractivity contribution in [2.24, 2.45) is 0 Å². The Balaban J connectivity index is 2.72. The Morgan fingerprint density at radius 2 is 1.76 bits per heavy atom. The summed E-state index contributed by atoms with van der Waals surface area (Å²) in [5, 5.41) is 3.12. The van der Waals surface area contributed by atoms with Crippen molar-refractivity contribution in [1.29, 1.82) is 0 Å². The van der Waals surface area contributed by atoms with Gasteiger partial charge in [-0.25, -0.2) is 9.97 Å². The van der Waals surface area contributed by atoms with E-state index in [-0.39, 0.29) is 0 Å². The Bertz CT molecular complexity index is 391. The number of hydrogen-bond acceptors (Lipinski definition) is 6. The van der Waals surface area contributed by atoms with Crippen LogP contribution in [-0.2, 0) is 16.0 Å². The Labute approximate surface area is 127 Å². The third-order valence-electron chi connectivity index (χ3n) is 3.14. The smallest absolute Gasteiger partial charge is 0.225 e. The van der Waals surface area contributed by atoms with Crippen molar-refractivity contribution >= 4 is 5.95 Å². The molecule has 1 aromatic heterocycles. The molecule has 0 atom stereocenters. The topological polar surface area (TPSA) is 59.5 Å². The molecule has 0 radical (unpaired) electrons. The first-order valence-corrected chi connectivity index (χ1v) is 7.60. The summed E-state index contributed by atoms with van der Waals surface area (Å²) in [5.74, 6) is 0.742. The minimum absolute atomic E-state index is 0.670. The molecular weight excluding hydrogens is 268 g/mol. The van der Waals surface area contributed by atoms with Gasteiger partial charge in [0.1, 0.15) is 0 Å².